The molecule has 9 heteroatoms. The number of ketones is 1. The molecule has 2 aromatic heterocycles. The predicted molar refractivity (Wildman–Crippen MR) is 112 cm³/mol. The van der Waals surface area contributed by atoms with Crippen molar-refractivity contribution < 1.29 is 14.1 Å². The van der Waals surface area contributed by atoms with Crippen LogP contribution in [0.4, 0.5) is 11.7 Å². The first-order chi connectivity index (χ1) is 14.7. The Labute approximate surface area is 176 Å². The van der Waals surface area contributed by atoms with Crippen molar-refractivity contribution in [3.8, 4) is 5.69 Å². The van der Waals surface area contributed by atoms with E-state index < -0.39 is 16.7 Å². The molecule has 3 heterocycles. The van der Waals surface area contributed by atoms with Crippen molar-refractivity contribution in [1.29, 1.82) is 0 Å². The van der Waals surface area contributed by atoms with Gasteiger partial charge in [-0.2, -0.15) is 0 Å². The van der Waals surface area contributed by atoms with Gasteiger partial charge in [0.05, 0.1) is 23.2 Å². The van der Waals surface area contributed by atoms with Gasteiger partial charge in [0, 0.05) is 17.7 Å². The van der Waals surface area contributed by atoms with Crippen molar-refractivity contribution in [1.82, 2.24) is 9.78 Å². The fourth-order valence-corrected chi connectivity index (χ4v) is 4.53. The summed E-state index contributed by atoms with van der Waals surface area (Å²) in [4.78, 5) is 37.1. The number of allylic oxidation sites excluding steroid dienone is 2. The Morgan fingerprint density at radius 3 is 2.55 bits per heavy atom. The summed E-state index contributed by atoms with van der Waals surface area (Å²) in [6.45, 7) is 4.02. The maximum absolute atomic E-state index is 13.4. The van der Waals surface area contributed by atoms with Gasteiger partial charge in [-0.25, -0.2) is 4.68 Å². The van der Waals surface area contributed by atoms with Crippen LogP contribution in [0.15, 0.2) is 62.9 Å². The number of nitro groups is 1. The topological polar surface area (TPSA) is 123 Å². The van der Waals surface area contributed by atoms with Gasteiger partial charge in [-0.05, 0) is 30.0 Å². The zero-order valence-electron chi connectivity index (χ0n) is 17.0. The SMILES string of the molecule is CC1(C)CC(=O)C2=C(C1)Nc1[nH]n(-c3ccccc3)c(=O)c1C2c1ccc([N+](=O)[O-])o1. The van der Waals surface area contributed by atoms with Gasteiger partial charge in [-0.1, -0.05) is 32.0 Å². The number of nitrogens with zero attached hydrogens (tertiary/aromatic N) is 2. The first-order valence-corrected chi connectivity index (χ1v) is 9.93. The number of rotatable bonds is 3. The molecule has 0 bridgehead atoms. The van der Waals surface area contributed by atoms with Crippen LogP contribution in [0.2, 0.25) is 0 Å². The summed E-state index contributed by atoms with van der Waals surface area (Å²) in [6, 6.07) is 11.8. The summed E-state index contributed by atoms with van der Waals surface area (Å²) in [6.07, 6.45) is 0.921. The van der Waals surface area contributed by atoms with E-state index >= 15 is 0 Å². The molecular weight excluding hydrogens is 400 g/mol. The van der Waals surface area contributed by atoms with E-state index in [1.807, 2.05) is 32.0 Å². The van der Waals surface area contributed by atoms with E-state index in [2.05, 4.69) is 10.4 Å². The minimum Gasteiger partial charge on any atom is -0.405 e. The van der Waals surface area contributed by atoms with E-state index in [1.54, 1.807) is 12.1 Å². The smallest absolute Gasteiger partial charge is 0.405 e. The van der Waals surface area contributed by atoms with Crippen LogP contribution >= 0.6 is 0 Å². The number of hydrogen-bond acceptors (Lipinski definition) is 6. The van der Waals surface area contributed by atoms with Crippen LogP contribution in [0.3, 0.4) is 0 Å². The molecule has 1 atom stereocenters. The third kappa shape index (κ3) is 3.00. The van der Waals surface area contributed by atoms with Crippen molar-refractivity contribution in [3.05, 3.63) is 85.5 Å². The van der Waals surface area contributed by atoms with Crippen LogP contribution in [0, 0.1) is 15.5 Å². The van der Waals surface area contributed by atoms with E-state index in [1.165, 1.54) is 16.8 Å². The highest BCUT2D eigenvalue weighted by molar-refractivity contribution is 6.01. The quantitative estimate of drug-likeness (QED) is 0.490. The average Bonchev–Trinajstić information content (AvgIpc) is 3.32. The minimum absolute atomic E-state index is 0.0969. The maximum atomic E-state index is 13.4. The number of hydrogen-bond donors (Lipinski definition) is 2. The number of furan rings is 1. The normalized spacial score (nSPS) is 19.5. The van der Waals surface area contributed by atoms with Crippen LogP contribution in [0.1, 0.15) is 43.9 Å². The van der Waals surface area contributed by atoms with Crippen LogP contribution < -0.4 is 10.9 Å². The number of fused-ring (bicyclic) bond motifs is 1. The average molecular weight is 420 g/mol. The zero-order chi connectivity index (χ0) is 21.9. The van der Waals surface area contributed by atoms with Gasteiger partial charge in [0.15, 0.2) is 5.78 Å². The summed E-state index contributed by atoms with van der Waals surface area (Å²) in [5.74, 6) is -0.689. The highest BCUT2D eigenvalue weighted by atomic mass is 16.6. The highest BCUT2D eigenvalue weighted by Gasteiger charge is 2.44. The minimum atomic E-state index is -0.822. The largest absolute Gasteiger partial charge is 0.433 e. The van der Waals surface area contributed by atoms with Crippen molar-refractivity contribution in [2.45, 2.75) is 32.6 Å². The summed E-state index contributed by atoms with van der Waals surface area (Å²) in [5, 5.41) is 17.5. The number of benzene rings is 1. The number of carbonyl (C=O) groups is 1. The molecule has 1 aromatic carbocycles. The molecule has 0 radical (unpaired) electrons. The Kier molecular flexibility index (Phi) is 4.04. The second kappa shape index (κ2) is 6.56. The van der Waals surface area contributed by atoms with Crippen molar-refractivity contribution >= 4 is 17.5 Å². The molecule has 3 aromatic rings. The monoisotopic (exact) mass is 420 g/mol. The molecule has 9 nitrogen and oxygen atoms in total. The number of Topliss-reactive ketones (excluding diaryl/α,β-unsaturated/α-hetero) is 1. The standard InChI is InChI=1S/C22H20N4O5/c1-22(2)10-13-17(14(27)11-22)18(15-8-9-16(31-15)26(29)30)19-20(23-13)24-25(21(19)28)12-6-4-3-5-7-12/h3-9,18,23-24H,10-11H2,1-2H3. The van der Waals surface area contributed by atoms with Gasteiger partial charge in [-0.3, -0.25) is 24.8 Å². The van der Waals surface area contributed by atoms with Gasteiger partial charge in [-0.15, -0.1) is 0 Å². The molecular formula is C22H20N4O5. The molecule has 2 aliphatic rings. The van der Waals surface area contributed by atoms with E-state index in [0.717, 1.165) is 0 Å². The molecule has 1 aliphatic heterocycles. The summed E-state index contributed by atoms with van der Waals surface area (Å²) in [7, 11) is 0. The van der Waals surface area contributed by atoms with Gasteiger partial charge >= 0.3 is 5.88 Å². The van der Waals surface area contributed by atoms with Gasteiger partial charge in [0.25, 0.3) is 5.56 Å². The second-order valence-electron chi connectivity index (χ2n) is 8.70. The summed E-state index contributed by atoms with van der Waals surface area (Å²) < 4.78 is 6.88. The number of para-hydroxylation sites is 1. The molecule has 0 saturated heterocycles. The Bertz CT molecular complexity index is 1310. The number of anilines is 1. The number of aromatic nitrogens is 2. The number of H-pyrrole nitrogens is 1. The Balaban J connectivity index is 1.74. The number of aromatic amines is 1. The van der Waals surface area contributed by atoms with Crippen molar-refractivity contribution in [2.75, 3.05) is 5.32 Å². The molecule has 0 amide bonds. The zero-order valence-corrected chi connectivity index (χ0v) is 17.0. The number of nitrogens with one attached hydrogen (secondary N) is 2. The van der Waals surface area contributed by atoms with Crippen molar-refractivity contribution in [3.63, 3.8) is 0 Å². The van der Waals surface area contributed by atoms with E-state index in [4.69, 9.17) is 4.42 Å². The van der Waals surface area contributed by atoms with Gasteiger partial charge in [0.2, 0.25) is 0 Å². The van der Waals surface area contributed by atoms with Crippen LogP contribution in [0.5, 0.6) is 0 Å². The Morgan fingerprint density at radius 2 is 1.87 bits per heavy atom. The molecule has 0 spiro atoms. The lowest BCUT2D eigenvalue weighted by Gasteiger charge is -2.37. The first kappa shape index (κ1) is 19.1. The fourth-order valence-electron chi connectivity index (χ4n) is 4.53. The molecule has 31 heavy (non-hydrogen) atoms. The summed E-state index contributed by atoms with van der Waals surface area (Å²) in [5.41, 5.74) is 1.49. The second-order valence-corrected chi connectivity index (χ2v) is 8.70. The summed E-state index contributed by atoms with van der Waals surface area (Å²) >= 11 is 0. The lowest BCUT2D eigenvalue weighted by atomic mass is 9.70. The lowest BCUT2D eigenvalue weighted by Crippen LogP contribution is -2.35. The molecule has 1 unspecified atom stereocenters. The molecule has 1 aliphatic carbocycles. The van der Waals surface area contributed by atoms with Crippen molar-refractivity contribution in [2.24, 2.45) is 5.41 Å². The first-order valence-electron chi connectivity index (χ1n) is 9.93. The molecule has 5 rings (SSSR count). The van der Waals surface area contributed by atoms with Crippen LogP contribution in [-0.4, -0.2) is 20.5 Å². The van der Waals surface area contributed by atoms with Crippen LogP contribution in [0.25, 0.3) is 5.69 Å². The maximum Gasteiger partial charge on any atom is 0.433 e. The highest BCUT2D eigenvalue weighted by Crippen LogP contribution is 2.48. The number of carbonyl (C=O) groups excluding carboxylic acids is 1. The molecule has 2 N–H and O–H groups in total. The van der Waals surface area contributed by atoms with E-state index in [-0.39, 0.29) is 22.5 Å². The Hall–Kier alpha value is -3.88. The Morgan fingerprint density at radius 1 is 1.13 bits per heavy atom. The van der Waals surface area contributed by atoms with E-state index in [9.17, 15) is 19.7 Å². The predicted octanol–water partition coefficient (Wildman–Crippen LogP) is 3.87. The van der Waals surface area contributed by atoms with Gasteiger partial charge in [0.1, 0.15) is 16.5 Å². The van der Waals surface area contributed by atoms with Gasteiger partial charge < -0.3 is 9.73 Å². The van der Waals surface area contributed by atoms with E-state index in [0.29, 0.717) is 41.2 Å². The molecule has 158 valence electrons. The third-order valence-corrected chi connectivity index (χ3v) is 5.79. The molecule has 0 saturated carbocycles. The van der Waals surface area contributed by atoms with Crippen LogP contribution in [-0.2, 0) is 4.79 Å². The lowest BCUT2D eigenvalue weighted by molar-refractivity contribution is -0.402. The third-order valence-electron chi connectivity index (χ3n) is 5.79. The fraction of sp³-hybridized carbons (Fsp3) is 0.273. The molecule has 0 fully saturated rings.